The van der Waals surface area contributed by atoms with Crippen LogP contribution >= 0.6 is 0 Å². The second kappa shape index (κ2) is 6.48. The van der Waals surface area contributed by atoms with Crippen LogP contribution in [0.1, 0.15) is 43.5 Å². The average molecular weight is 371 g/mol. The molecule has 1 aliphatic heterocycles. The Morgan fingerprint density at radius 2 is 2.00 bits per heavy atom. The second-order valence-corrected chi connectivity index (χ2v) is 8.71. The van der Waals surface area contributed by atoms with Gasteiger partial charge in [0.15, 0.2) is 0 Å². The van der Waals surface area contributed by atoms with Crippen molar-refractivity contribution in [2.45, 2.75) is 49.6 Å². The highest BCUT2D eigenvalue weighted by Crippen LogP contribution is 2.39. The van der Waals surface area contributed by atoms with Gasteiger partial charge in [0.05, 0.1) is 16.6 Å². The molecule has 1 saturated carbocycles. The van der Waals surface area contributed by atoms with E-state index < -0.39 is 10.0 Å². The summed E-state index contributed by atoms with van der Waals surface area (Å²) in [5.41, 5.74) is 2.32. The number of anilines is 1. The maximum Gasteiger partial charge on any atom is 0.243 e. The highest BCUT2D eigenvalue weighted by atomic mass is 32.2. The molecule has 1 aromatic carbocycles. The lowest BCUT2D eigenvalue weighted by Gasteiger charge is -2.28. The Hall–Kier alpha value is -2.25. The Kier molecular flexibility index (Phi) is 4.28. The van der Waals surface area contributed by atoms with Gasteiger partial charge in [-0.05, 0) is 62.1 Å². The molecule has 0 spiro atoms. The van der Waals surface area contributed by atoms with E-state index in [9.17, 15) is 13.2 Å². The van der Waals surface area contributed by atoms with Gasteiger partial charge in [-0.2, -0.15) is 4.31 Å². The number of hydrogen-bond acceptors (Lipinski definition) is 4. The molecule has 2 aliphatic rings. The molecule has 1 aromatic heterocycles. The molecule has 2 aromatic rings. The summed E-state index contributed by atoms with van der Waals surface area (Å²) in [6.07, 6.45) is 4.37. The van der Waals surface area contributed by atoms with Crippen LogP contribution in [-0.2, 0) is 21.2 Å². The minimum Gasteiger partial charge on any atom is -0.326 e. The molecular formula is C19H21N3O3S. The number of fused-ring (bicyclic) bond motifs is 1. The highest BCUT2D eigenvalue weighted by molar-refractivity contribution is 7.89. The molecule has 0 bridgehead atoms. The van der Waals surface area contributed by atoms with Crippen molar-refractivity contribution in [2.75, 3.05) is 5.32 Å². The summed E-state index contributed by atoms with van der Waals surface area (Å²) in [5.74, 6) is -0.0310. The number of amides is 1. The maximum atomic E-state index is 13.4. The third kappa shape index (κ3) is 3.12. The normalized spacial score (nSPS) is 18.3. The summed E-state index contributed by atoms with van der Waals surface area (Å²) >= 11 is 0. The number of pyridine rings is 1. The lowest BCUT2D eigenvalue weighted by Crippen LogP contribution is -2.36. The summed E-state index contributed by atoms with van der Waals surface area (Å²) in [7, 11) is -3.65. The molecule has 7 heteroatoms. The fourth-order valence-corrected chi connectivity index (χ4v) is 5.35. The van der Waals surface area contributed by atoms with Crippen LogP contribution < -0.4 is 5.32 Å². The molecule has 1 atom stereocenters. The van der Waals surface area contributed by atoms with E-state index >= 15 is 0 Å². The molecule has 1 aliphatic carbocycles. The van der Waals surface area contributed by atoms with Gasteiger partial charge in [0, 0.05) is 24.3 Å². The molecule has 1 N–H and O–H groups in total. The first-order valence-corrected chi connectivity index (χ1v) is 10.3. The number of rotatable bonds is 5. The first-order valence-electron chi connectivity index (χ1n) is 8.84. The molecule has 1 amide bonds. The Morgan fingerprint density at radius 3 is 2.69 bits per heavy atom. The molecule has 6 nitrogen and oxygen atoms in total. The number of nitrogens with one attached hydrogen (secondary N) is 1. The molecule has 1 fully saturated rings. The van der Waals surface area contributed by atoms with Crippen molar-refractivity contribution >= 4 is 21.6 Å². The van der Waals surface area contributed by atoms with Crippen LogP contribution in [0.4, 0.5) is 5.69 Å². The maximum absolute atomic E-state index is 13.4. The van der Waals surface area contributed by atoms with Gasteiger partial charge in [0.1, 0.15) is 0 Å². The van der Waals surface area contributed by atoms with Gasteiger partial charge >= 0.3 is 0 Å². The van der Waals surface area contributed by atoms with Crippen LogP contribution in [0, 0.1) is 0 Å². The van der Waals surface area contributed by atoms with E-state index in [1.165, 1.54) is 0 Å². The Bertz CT molecular complexity index is 940. The van der Waals surface area contributed by atoms with Crippen molar-refractivity contribution in [3.63, 3.8) is 0 Å². The lowest BCUT2D eigenvalue weighted by molar-refractivity contribution is -0.116. The summed E-state index contributed by atoms with van der Waals surface area (Å²) < 4.78 is 28.4. The largest absolute Gasteiger partial charge is 0.326 e. The fraction of sp³-hybridized carbons (Fsp3) is 0.368. The van der Waals surface area contributed by atoms with Gasteiger partial charge < -0.3 is 5.32 Å². The zero-order chi connectivity index (χ0) is 18.3. The molecule has 0 radical (unpaired) electrons. The molecule has 2 heterocycles. The van der Waals surface area contributed by atoms with Crippen LogP contribution in [0.2, 0.25) is 0 Å². The predicted molar refractivity (Wildman–Crippen MR) is 98.1 cm³/mol. The van der Waals surface area contributed by atoms with Crippen molar-refractivity contribution < 1.29 is 13.2 Å². The van der Waals surface area contributed by atoms with E-state index in [0.717, 1.165) is 24.1 Å². The van der Waals surface area contributed by atoms with Crippen LogP contribution in [0.3, 0.4) is 0 Å². The van der Waals surface area contributed by atoms with Crippen LogP contribution in [0.5, 0.6) is 0 Å². The second-order valence-electron chi connectivity index (χ2n) is 6.86. The average Bonchev–Trinajstić information content (AvgIpc) is 3.46. The van der Waals surface area contributed by atoms with Gasteiger partial charge in [0.2, 0.25) is 15.9 Å². The van der Waals surface area contributed by atoms with Gasteiger partial charge in [-0.3, -0.25) is 9.78 Å². The number of sulfonamides is 1. The summed E-state index contributed by atoms with van der Waals surface area (Å²) in [5, 5.41) is 2.79. The van der Waals surface area contributed by atoms with Gasteiger partial charge in [-0.1, -0.05) is 6.07 Å². The first-order chi connectivity index (χ1) is 12.5. The molecular weight excluding hydrogens is 350 g/mol. The van der Waals surface area contributed by atoms with E-state index in [0.29, 0.717) is 18.5 Å². The van der Waals surface area contributed by atoms with E-state index in [1.54, 1.807) is 28.7 Å². The molecule has 0 unspecified atom stereocenters. The number of benzene rings is 1. The summed E-state index contributed by atoms with van der Waals surface area (Å²) in [6.45, 7) is 1.89. The van der Waals surface area contributed by atoms with Crippen molar-refractivity contribution in [2.24, 2.45) is 0 Å². The zero-order valence-corrected chi connectivity index (χ0v) is 15.4. The van der Waals surface area contributed by atoms with Gasteiger partial charge in [-0.15, -0.1) is 0 Å². The minimum absolute atomic E-state index is 0.0211. The molecule has 136 valence electrons. The Balaban J connectivity index is 1.71. The van der Waals surface area contributed by atoms with E-state index in [-0.39, 0.29) is 22.9 Å². The first kappa shape index (κ1) is 17.2. The minimum atomic E-state index is -3.65. The van der Waals surface area contributed by atoms with E-state index in [4.69, 9.17) is 0 Å². The molecule has 0 saturated heterocycles. The summed E-state index contributed by atoms with van der Waals surface area (Å²) in [4.78, 5) is 16.1. The van der Waals surface area contributed by atoms with Crippen molar-refractivity contribution in [1.29, 1.82) is 0 Å². The predicted octanol–water partition coefficient (Wildman–Crippen LogP) is 2.88. The molecule has 4 rings (SSSR count). The number of aryl methyl sites for hydroxylation is 1. The fourth-order valence-electron chi connectivity index (χ4n) is 3.45. The van der Waals surface area contributed by atoms with Crippen molar-refractivity contribution in [1.82, 2.24) is 9.29 Å². The topological polar surface area (TPSA) is 79.4 Å². The number of hydrogen-bond donors (Lipinski definition) is 1. The molecule has 26 heavy (non-hydrogen) atoms. The number of carbonyl (C=O) groups is 1. The number of nitrogens with zero attached hydrogens (tertiary/aromatic N) is 2. The zero-order valence-electron chi connectivity index (χ0n) is 14.6. The standard InChI is InChI=1S/C19H21N3O3S/c1-13(17-4-2-3-11-20-17)22(15-6-7-15)26(24,25)16-8-9-18-14(12-16)5-10-19(23)21-18/h2-4,8-9,11-13,15H,5-7,10H2,1H3,(H,21,23)/t13-/m1/s1. The van der Waals surface area contributed by atoms with Crippen molar-refractivity contribution in [3.05, 3.63) is 53.9 Å². The lowest BCUT2D eigenvalue weighted by atomic mass is 10.0. The van der Waals surface area contributed by atoms with Gasteiger partial charge in [-0.25, -0.2) is 8.42 Å². The quantitative estimate of drug-likeness (QED) is 0.876. The summed E-state index contributed by atoms with van der Waals surface area (Å²) in [6, 6.07) is 10.2. The van der Waals surface area contributed by atoms with Gasteiger partial charge in [0.25, 0.3) is 0 Å². The third-order valence-electron chi connectivity index (χ3n) is 4.95. The monoisotopic (exact) mass is 371 g/mol. The number of carbonyl (C=O) groups excluding carboxylic acids is 1. The number of aromatic nitrogens is 1. The van der Waals surface area contributed by atoms with Crippen LogP contribution in [-0.4, -0.2) is 29.7 Å². The Labute approximate surface area is 153 Å². The van der Waals surface area contributed by atoms with Crippen molar-refractivity contribution in [3.8, 4) is 0 Å². The third-order valence-corrected chi connectivity index (χ3v) is 6.97. The Morgan fingerprint density at radius 1 is 1.19 bits per heavy atom. The van der Waals surface area contributed by atoms with E-state index in [2.05, 4.69) is 10.3 Å². The van der Waals surface area contributed by atoms with Crippen LogP contribution in [0.25, 0.3) is 0 Å². The SMILES string of the molecule is C[C@H](c1ccccn1)N(C1CC1)S(=O)(=O)c1ccc2c(c1)CCC(=O)N2. The smallest absolute Gasteiger partial charge is 0.243 e. The van der Waals surface area contributed by atoms with E-state index in [1.807, 2.05) is 25.1 Å². The van der Waals surface area contributed by atoms with Crippen LogP contribution in [0.15, 0.2) is 47.5 Å². The highest BCUT2D eigenvalue weighted by Gasteiger charge is 2.42.